The highest BCUT2D eigenvalue weighted by Gasteiger charge is 2.03. The van der Waals surface area contributed by atoms with Crippen molar-refractivity contribution in [2.24, 2.45) is 0 Å². The summed E-state index contributed by atoms with van der Waals surface area (Å²) < 4.78 is 4.79. The topological polar surface area (TPSA) is 46.5 Å². The lowest BCUT2D eigenvalue weighted by Gasteiger charge is -2.01. The van der Waals surface area contributed by atoms with Crippen LogP contribution in [-0.4, -0.2) is 24.3 Å². The van der Waals surface area contributed by atoms with Crippen LogP contribution >= 0.6 is 0 Å². The first kappa shape index (κ1) is 11.9. The van der Waals surface area contributed by atoms with Gasteiger partial charge >= 0.3 is 5.97 Å². The highest BCUT2D eigenvalue weighted by Crippen LogP contribution is 2.03. The minimum absolute atomic E-state index is 0.0154. The molecule has 0 radical (unpaired) electrons. The number of esters is 1. The average molecular weight is 184 g/mol. The predicted molar refractivity (Wildman–Crippen MR) is 51.2 cm³/mol. The van der Waals surface area contributed by atoms with Crippen LogP contribution in [0.1, 0.15) is 20.8 Å². The van der Waals surface area contributed by atoms with Gasteiger partial charge in [0.2, 0.25) is 0 Å². The second kappa shape index (κ2) is 6.43. The molecule has 0 aromatic carbocycles. The summed E-state index contributed by atoms with van der Waals surface area (Å²) in [6.45, 7) is 5.64. The first-order valence-electron chi connectivity index (χ1n) is 4.24. The lowest BCUT2D eigenvalue weighted by atomic mass is 10.2. The summed E-state index contributed by atoms with van der Waals surface area (Å²) in [6, 6.07) is 0. The number of aliphatic hydroxyl groups excluding tert-OH is 1. The molecule has 0 aliphatic carbocycles. The molecule has 0 unspecified atom stereocenters. The molecule has 0 aliphatic rings. The largest absolute Gasteiger partial charge is 0.463 e. The fraction of sp³-hybridized carbons (Fsp3) is 0.500. The first-order chi connectivity index (χ1) is 6.11. The Morgan fingerprint density at radius 3 is 2.54 bits per heavy atom. The number of aliphatic hydroxyl groups is 1. The molecule has 0 rings (SSSR count). The van der Waals surface area contributed by atoms with Crippen LogP contribution in [0.25, 0.3) is 0 Å². The van der Waals surface area contributed by atoms with Crippen LogP contribution in [0.5, 0.6) is 0 Å². The molecule has 1 N–H and O–H groups in total. The Bertz CT molecular complexity index is 226. The Kier molecular flexibility index (Phi) is 5.89. The van der Waals surface area contributed by atoms with Crippen molar-refractivity contribution in [1.29, 1.82) is 0 Å². The van der Waals surface area contributed by atoms with Gasteiger partial charge in [-0.25, -0.2) is 4.79 Å². The summed E-state index contributed by atoms with van der Waals surface area (Å²) in [5.41, 5.74) is 1.40. The average Bonchev–Trinajstić information content (AvgIpc) is 2.05. The molecule has 0 spiro atoms. The maximum atomic E-state index is 11.1. The number of carbonyl (C=O) groups is 1. The van der Waals surface area contributed by atoms with Crippen molar-refractivity contribution in [2.45, 2.75) is 20.8 Å². The van der Waals surface area contributed by atoms with Crippen LogP contribution in [0.2, 0.25) is 0 Å². The highest BCUT2D eigenvalue weighted by molar-refractivity contribution is 5.88. The summed E-state index contributed by atoms with van der Waals surface area (Å²) in [6.07, 6.45) is 3.32. The Hall–Kier alpha value is -1.09. The summed E-state index contributed by atoms with van der Waals surface area (Å²) in [5, 5.41) is 8.57. The van der Waals surface area contributed by atoms with E-state index in [2.05, 4.69) is 0 Å². The number of ether oxygens (including phenoxy) is 1. The molecule has 0 saturated heterocycles. The van der Waals surface area contributed by atoms with E-state index >= 15 is 0 Å². The SMILES string of the molecule is CCOC(=O)/C(C)=C/C(C)=C/CO. The third-order valence-corrected chi connectivity index (χ3v) is 1.45. The van der Waals surface area contributed by atoms with Crippen molar-refractivity contribution < 1.29 is 14.6 Å². The summed E-state index contributed by atoms with van der Waals surface area (Å²) in [5.74, 6) is -0.312. The van der Waals surface area contributed by atoms with Gasteiger partial charge in [-0.15, -0.1) is 0 Å². The molecule has 0 amide bonds. The summed E-state index contributed by atoms with van der Waals surface area (Å²) >= 11 is 0. The van der Waals surface area contributed by atoms with Gasteiger partial charge in [0.05, 0.1) is 13.2 Å². The molecule has 74 valence electrons. The molecule has 3 heteroatoms. The predicted octanol–water partition coefficient (Wildman–Crippen LogP) is 1.43. The molecule has 13 heavy (non-hydrogen) atoms. The van der Waals surface area contributed by atoms with Crippen molar-refractivity contribution in [1.82, 2.24) is 0 Å². The van der Waals surface area contributed by atoms with E-state index in [0.717, 1.165) is 5.57 Å². The number of rotatable bonds is 4. The zero-order valence-corrected chi connectivity index (χ0v) is 8.33. The van der Waals surface area contributed by atoms with E-state index in [1.807, 2.05) is 6.92 Å². The molecular weight excluding hydrogens is 168 g/mol. The Morgan fingerprint density at radius 1 is 1.46 bits per heavy atom. The smallest absolute Gasteiger partial charge is 0.333 e. The molecular formula is C10H16O3. The van der Waals surface area contributed by atoms with Crippen molar-refractivity contribution in [3.05, 3.63) is 23.3 Å². The molecule has 0 aromatic rings. The Labute approximate surface area is 78.7 Å². The third-order valence-electron chi connectivity index (χ3n) is 1.45. The van der Waals surface area contributed by atoms with Gasteiger partial charge in [-0.2, -0.15) is 0 Å². The monoisotopic (exact) mass is 184 g/mol. The minimum atomic E-state index is -0.312. The number of hydrogen-bond donors (Lipinski definition) is 1. The van der Waals surface area contributed by atoms with Crippen molar-refractivity contribution >= 4 is 5.97 Å². The molecule has 0 saturated carbocycles. The van der Waals surface area contributed by atoms with Crippen LogP contribution in [0.15, 0.2) is 23.3 Å². The van der Waals surface area contributed by atoms with E-state index in [9.17, 15) is 4.79 Å². The molecule has 0 heterocycles. The van der Waals surface area contributed by atoms with Crippen LogP contribution in [0.3, 0.4) is 0 Å². The normalized spacial score (nSPS) is 12.9. The maximum absolute atomic E-state index is 11.1. The second-order valence-electron chi connectivity index (χ2n) is 2.68. The fourth-order valence-electron chi connectivity index (χ4n) is 0.848. The number of hydrogen-bond acceptors (Lipinski definition) is 3. The molecule has 0 aliphatic heterocycles. The lowest BCUT2D eigenvalue weighted by molar-refractivity contribution is -0.138. The molecule has 3 nitrogen and oxygen atoms in total. The zero-order chi connectivity index (χ0) is 10.3. The van der Waals surface area contributed by atoms with Gasteiger partial charge in [-0.05, 0) is 26.8 Å². The van der Waals surface area contributed by atoms with E-state index in [1.165, 1.54) is 0 Å². The van der Waals surface area contributed by atoms with Gasteiger partial charge in [-0.3, -0.25) is 0 Å². The Balaban J connectivity index is 4.31. The highest BCUT2D eigenvalue weighted by atomic mass is 16.5. The molecule has 0 atom stereocenters. The van der Waals surface area contributed by atoms with Gasteiger partial charge in [0, 0.05) is 5.57 Å². The van der Waals surface area contributed by atoms with E-state index in [1.54, 1.807) is 26.0 Å². The minimum Gasteiger partial charge on any atom is -0.463 e. The van der Waals surface area contributed by atoms with Crippen LogP contribution in [0, 0.1) is 0 Å². The van der Waals surface area contributed by atoms with Crippen LogP contribution < -0.4 is 0 Å². The van der Waals surface area contributed by atoms with Gasteiger partial charge in [-0.1, -0.05) is 11.6 Å². The van der Waals surface area contributed by atoms with Crippen LogP contribution in [-0.2, 0) is 9.53 Å². The van der Waals surface area contributed by atoms with Gasteiger partial charge in [0.25, 0.3) is 0 Å². The first-order valence-corrected chi connectivity index (χ1v) is 4.24. The van der Waals surface area contributed by atoms with Crippen molar-refractivity contribution in [3.8, 4) is 0 Å². The van der Waals surface area contributed by atoms with Gasteiger partial charge in [0.15, 0.2) is 0 Å². The molecule has 0 bridgehead atoms. The van der Waals surface area contributed by atoms with Crippen molar-refractivity contribution in [2.75, 3.05) is 13.2 Å². The number of allylic oxidation sites excluding steroid dienone is 2. The molecule has 0 aromatic heterocycles. The van der Waals surface area contributed by atoms with Crippen molar-refractivity contribution in [3.63, 3.8) is 0 Å². The zero-order valence-electron chi connectivity index (χ0n) is 8.33. The Morgan fingerprint density at radius 2 is 2.08 bits per heavy atom. The van der Waals surface area contributed by atoms with E-state index in [-0.39, 0.29) is 12.6 Å². The van der Waals surface area contributed by atoms with Crippen LogP contribution in [0.4, 0.5) is 0 Å². The van der Waals surface area contributed by atoms with Gasteiger partial charge < -0.3 is 9.84 Å². The second-order valence-corrected chi connectivity index (χ2v) is 2.68. The maximum Gasteiger partial charge on any atom is 0.333 e. The number of carbonyl (C=O) groups excluding carboxylic acids is 1. The quantitative estimate of drug-likeness (QED) is 0.408. The van der Waals surface area contributed by atoms with Gasteiger partial charge in [0.1, 0.15) is 0 Å². The third kappa shape index (κ3) is 5.20. The lowest BCUT2D eigenvalue weighted by Crippen LogP contribution is -2.05. The van der Waals surface area contributed by atoms with E-state index < -0.39 is 0 Å². The summed E-state index contributed by atoms with van der Waals surface area (Å²) in [4.78, 5) is 11.1. The van der Waals surface area contributed by atoms with E-state index in [0.29, 0.717) is 12.2 Å². The van der Waals surface area contributed by atoms with E-state index in [4.69, 9.17) is 9.84 Å². The summed E-state index contributed by atoms with van der Waals surface area (Å²) in [7, 11) is 0. The standard InChI is InChI=1S/C10H16O3/c1-4-13-10(12)9(3)7-8(2)5-6-11/h5,7,11H,4,6H2,1-3H3/b8-5+,9-7+. The fourth-order valence-corrected chi connectivity index (χ4v) is 0.848. The molecule has 0 fully saturated rings.